The van der Waals surface area contributed by atoms with E-state index in [1.165, 1.54) is 0 Å². The molecule has 4 nitrogen and oxygen atoms in total. The van der Waals surface area contributed by atoms with Gasteiger partial charge in [0.1, 0.15) is 5.75 Å². The lowest BCUT2D eigenvalue weighted by Crippen LogP contribution is -2.18. The smallest absolute Gasteiger partial charge is 0.224 e. The zero-order chi connectivity index (χ0) is 11.9. The maximum atomic E-state index is 11.2. The van der Waals surface area contributed by atoms with Gasteiger partial charge in [-0.25, -0.2) is 0 Å². The summed E-state index contributed by atoms with van der Waals surface area (Å²) in [6.07, 6.45) is 1.87. The summed E-state index contributed by atoms with van der Waals surface area (Å²) in [5.74, 6) is -0.530. The third-order valence-corrected chi connectivity index (χ3v) is 2.90. The second-order valence-corrected chi connectivity index (χ2v) is 4.02. The minimum Gasteiger partial charge on any atom is -0.508 e. The van der Waals surface area contributed by atoms with Crippen molar-refractivity contribution in [1.82, 2.24) is 4.57 Å². The van der Waals surface area contributed by atoms with Gasteiger partial charge < -0.3 is 15.4 Å². The summed E-state index contributed by atoms with van der Waals surface area (Å²) in [7, 11) is 1.90. The fraction of sp³-hybridized carbons (Fsp3) is 0.250. The van der Waals surface area contributed by atoms with E-state index in [0.717, 1.165) is 16.5 Å². The molecule has 0 bridgehead atoms. The van der Waals surface area contributed by atoms with Crippen LogP contribution in [0.3, 0.4) is 0 Å². The first-order chi connectivity index (χ1) is 7.50. The van der Waals surface area contributed by atoms with Gasteiger partial charge in [0.15, 0.2) is 0 Å². The highest BCUT2D eigenvalue weighted by Crippen LogP contribution is 2.29. The Bertz CT molecular complexity index is 557. The molecule has 1 aromatic carbocycles. The maximum absolute atomic E-state index is 11.2. The number of amides is 1. The van der Waals surface area contributed by atoms with Crippen molar-refractivity contribution in [2.24, 2.45) is 12.8 Å². The van der Waals surface area contributed by atoms with Gasteiger partial charge in [-0.2, -0.15) is 0 Å². The zero-order valence-electron chi connectivity index (χ0n) is 9.27. The van der Waals surface area contributed by atoms with Gasteiger partial charge in [-0.05, 0) is 30.7 Å². The minimum absolute atomic E-state index is 0.191. The molecule has 1 amide bonds. The molecule has 1 aromatic heterocycles. The molecule has 0 fully saturated rings. The molecule has 0 aliphatic heterocycles. The summed E-state index contributed by atoms with van der Waals surface area (Å²) < 4.78 is 1.92. The largest absolute Gasteiger partial charge is 0.508 e. The molecule has 2 aromatic rings. The van der Waals surface area contributed by atoms with E-state index in [2.05, 4.69) is 0 Å². The first-order valence-corrected chi connectivity index (χ1v) is 5.08. The van der Waals surface area contributed by atoms with Crippen molar-refractivity contribution in [2.45, 2.75) is 12.8 Å². The average Bonchev–Trinajstić information content (AvgIpc) is 2.54. The summed E-state index contributed by atoms with van der Waals surface area (Å²) in [6.45, 7) is 1.77. The second-order valence-electron chi connectivity index (χ2n) is 4.02. The average molecular weight is 218 g/mol. The number of aryl methyl sites for hydroxylation is 1. The lowest BCUT2D eigenvalue weighted by molar-refractivity contribution is -0.119. The van der Waals surface area contributed by atoms with Crippen LogP contribution in [-0.4, -0.2) is 15.6 Å². The fourth-order valence-corrected chi connectivity index (χ4v) is 1.91. The van der Waals surface area contributed by atoms with Gasteiger partial charge in [0, 0.05) is 24.1 Å². The lowest BCUT2D eigenvalue weighted by atomic mass is 10.00. The molecule has 2 rings (SSSR count). The predicted molar refractivity (Wildman–Crippen MR) is 62.2 cm³/mol. The van der Waals surface area contributed by atoms with Crippen molar-refractivity contribution in [3.8, 4) is 5.75 Å². The van der Waals surface area contributed by atoms with E-state index in [1.807, 2.05) is 23.9 Å². The molecular formula is C12H14N2O2. The van der Waals surface area contributed by atoms with E-state index < -0.39 is 0 Å². The van der Waals surface area contributed by atoms with Crippen molar-refractivity contribution in [1.29, 1.82) is 0 Å². The van der Waals surface area contributed by atoms with E-state index in [9.17, 15) is 9.90 Å². The molecule has 4 heteroatoms. The summed E-state index contributed by atoms with van der Waals surface area (Å²) in [5.41, 5.74) is 7.12. The minimum atomic E-state index is -0.365. The number of nitrogens with two attached hydrogens (primary N) is 1. The number of hydrogen-bond donors (Lipinski definition) is 2. The van der Waals surface area contributed by atoms with Gasteiger partial charge in [0.25, 0.3) is 0 Å². The summed E-state index contributed by atoms with van der Waals surface area (Å²) in [5, 5.41) is 10.3. The van der Waals surface area contributed by atoms with Crippen LogP contribution in [0.5, 0.6) is 5.75 Å². The highest BCUT2D eigenvalue weighted by atomic mass is 16.3. The van der Waals surface area contributed by atoms with E-state index in [4.69, 9.17) is 5.73 Å². The van der Waals surface area contributed by atoms with Crippen molar-refractivity contribution in [3.05, 3.63) is 30.0 Å². The second kappa shape index (κ2) is 3.56. The van der Waals surface area contributed by atoms with Crippen molar-refractivity contribution in [3.63, 3.8) is 0 Å². The highest BCUT2D eigenvalue weighted by Gasteiger charge is 2.17. The maximum Gasteiger partial charge on any atom is 0.224 e. The van der Waals surface area contributed by atoms with Gasteiger partial charge in [0.2, 0.25) is 5.91 Å². The fourth-order valence-electron chi connectivity index (χ4n) is 1.91. The first-order valence-electron chi connectivity index (χ1n) is 5.08. The van der Waals surface area contributed by atoms with Gasteiger partial charge in [-0.15, -0.1) is 0 Å². The van der Waals surface area contributed by atoms with E-state index >= 15 is 0 Å². The Balaban J connectivity index is 2.70. The SMILES string of the molecule is CC(C(N)=O)c1cn(C)c2ccc(O)cc12. The van der Waals surface area contributed by atoms with Crippen LogP contribution in [-0.2, 0) is 11.8 Å². The Labute approximate surface area is 93.3 Å². The summed E-state index contributed by atoms with van der Waals surface area (Å²) in [6, 6.07) is 5.10. The lowest BCUT2D eigenvalue weighted by Gasteiger charge is -2.05. The third-order valence-electron chi connectivity index (χ3n) is 2.90. The molecule has 0 radical (unpaired) electrons. The Morgan fingerprint density at radius 3 is 2.81 bits per heavy atom. The normalized spacial score (nSPS) is 12.9. The summed E-state index contributed by atoms with van der Waals surface area (Å²) >= 11 is 0. The van der Waals surface area contributed by atoms with Crippen molar-refractivity contribution >= 4 is 16.8 Å². The van der Waals surface area contributed by atoms with Gasteiger partial charge in [0.05, 0.1) is 5.92 Å². The Hall–Kier alpha value is -1.97. The summed E-state index contributed by atoms with van der Waals surface area (Å²) in [4.78, 5) is 11.2. The number of aromatic nitrogens is 1. The monoisotopic (exact) mass is 218 g/mol. The number of carbonyl (C=O) groups is 1. The molecule has 16 heavy (non-hydrogen) atoms. The van der Waals surface area contributed by atoms with Crippen LogP contribution < -0.4 is 5.73 Å². The van der Waals surface area contributed by atoms with Gasteiger partial charge in [-0.3, -0.25) is 4.79 Å². The first kappa shape index (κ1) is 10.5. The number of carbonyl (C=O) groups excluding carboxylic acids is 1. The molecule has 3 N–H and O–H groups in total. The highest BCUT2D eigenvalue weighted by molar-refractivity contribution is 5.92. The predicted octanol–water partition coefficient (Wildman–Crippen LogP) is 1.47. The van der Waals surface area contributed by atoms with E-state index in [-0.39, 0.29) is 17.6 Å². The van der Waals surface area contributed by atoms with Crippen LogP contribution in [0.4, 0.5) is 0 Å². The van der Waals surface area contributed by atoms with Crippen LogP contribution in [0.2, 0.25) is 0 Å². The number of aromatic hydroxyl groups is 1. The molecule has 0 aliphatic rings. The molecular weight excluding hydrogens is 204 g/mol. The number of primary amides is 1. The number of phenols is 1. The molecule has 84 valence electrons. The molecule has 1 heterocycles. The van der Waals surface area contributed by atoms with Crippen LogP contribution in [0.1, 0.15) is 18.4 Å². The number of rotatable bonds is 2. The topological polar surface area (TPSA) is 68.2 Å². The third kappa shape index (κ3) is 1.52. The Morgan fingerprint density at radius 2 is 2.19 bits per heavy atom. The molecule has 1 unspecified atom stereocenters. The molecule has 0 aliphatic carbocycles. The number of fused-ring (bicyclic) bond motifs is 1. The van der Waals surface area contributed by atoms with E-state index in [1.54, 1.807) is 19.1 Å². The number of hydrogen-bond acceptors (Lipinski definition) is 2. The molecule has 0 saturated carbocycles. The molecule has 0 saturated heterocycles. The van der Waals surface area contributed by atoms with Crippen LogP contribution in [0.25, 0.3) is 10.9 Å². The van der Waals surface area contributed by atoms with Crippen molar-refractivity contribution < 1.29 is 9.90 Å². The zero-order valence-corrected chi connectivity index (χ0v) is 9.27. The standard InChI is InChI=1S/C12H14N2O2/c1-7(12(13)16)10-6-14(2)11-4-3-8(15)5-9(10)11/h3-7,15H,1-2H3,(H2,13,16). The molecule has 0 spiro atoms. The number of benzene rings is 1. The number of nitrogens with zero attached hydrogens (tertiary/aromatic N) is 1. The number of phenolic OH excluding ortho intramolecular Hbond substituents is 1. The van der Waals surface area contributed by atoms with E-state index in [0.29, 0.717) is 0 Å². The Kier molecular flexibility index (Phi) is 2.34. The van der Waals surface area contributed by atoms with Crippen LogP contribution in [0.15, 0.2) is 24.4 Å². The molecule has 1 atom stereocenters. The van der Waals surface area contributed by atoms with Gasteiger partial charge >= 0.3 is 0 Å². The van der Waals surface area contributed by atoms with Crippen molar-refractivity contribution in [2.75, 3.05) is 0 Å². The van der Waals surface area contributed by atoms with Crippen LogP contribution in [0, 0.1) is 0 Å². The van der Waals surface area contributed by atoms with Gasteiger partial charge in [-0.1, -0.05) is 0 Å². The van der Waals surface area contributed by atoms with Crippen LogP contribution >= 0.6 is 0 Å². The quantitative estimate of drug-likeness (QED) is 0.801. The Morgan fingerprint density at radius 1 is 1.50 bits per heavy atom.